The van der Waals surface area contributed by atoms with Crippen LogP contribution in [0.3, 0.4) is 0 Å². The summed E-state index contributed by atoms with van der Waals surface area (Å²) in [5.41, 5.74) is 1.24. The van der Waals surface area contributed by atoms with Gasteiger partial charge in [-0.2, -0.15) is 0 Å². The molecule has 0 spiro atoms. The van der Waals surface area contributed by atoms with Gasteiger partial charge in [-0.1, -0.05) is 23.2 Å². The maximum atomic E-state index is 12.3. The van der Waals surface area contributed by atoms with Crippen molar-refractivity contribution in [3.05, 3.63) is 46.4 Å². The molecule has 0 saturated carbocycles. The standard InChI is InChI=1S/C17H16Cl2N2O3/c1-10(17(22)21-14-8-11(18)2-4-13(14)19)20-12-3-5-15-16(9-12)24-7-6-23-15/h2-5,8-10,20H,6-7H2,1H3,(H,21,22). The number of carbonyl (C=O) groups excluding carboxylic acids is 1. The van der Waals surface area contributed by atoms with Gasteiger partial charge in [-0.15, -0.1) is 0 Å². The second-order valence-corrected chi connectivity index (χ2v) is 6.18. The normalized spacial score (nSPS) is 14.0. The molecule has 1 aliphatic rings. The SMILES string of the molecule is CC(Nc1ccc2c(c1)OCCO2)C(=O)Nc1cc(Cl)ccc1Cl. The Kier molecular flexibility index (Phi) is 5.02. The maximum absolute atomic E-state index is 12.3. The molecule has 1 aliphatic heterocycles. The van der Waals surface area contributed by atoms with Crippen LogP contribution in [0.4, 0.5) is 11.4 Å². The Bertz CT molecular complexity index is 767. The zero-order valence-electron chi connectivity index (χ0n) is 12.9. The molecule has 0 bridgehead atoms. The highest BCUT2D eigenvalue weighted by Gasteiger charge is 2.17. The van der Waals surface area contributed by atoms with Crippen molar-refractivity contribution >= 4 is 40.5 Å². The fourth-order valence-electron chi connectivity index (χ4n) is 2.28. The van der Waals surface area contributed by atoms with Crippen LogP contribution in [0.5, 0.6) is 11.5 Å². The van der Waals surface area contributed by atoms with Gasteiger partial charge < -0.3 is 20.1 Å². The summed E-state index contributed by atoms with van der Waals surface area (Å²) in [6.07, 6.45) is 0. The molecule has 1 atom stereocenters. The van der Waals surface area contributed by atoms with Crippen molar-refractivity contribution in [3.8, 4) is 11.5 Å². The molecule has 1 heterocycles. The van der Waals surface area contributed by atoms with Crippen molar-refractivity contribution in [2.45, 2.75) is 13.0 Å². The van der Waals surface area contributed by atoms with Gasteiger partial charge in [-0.3, -0.25) is 4.79 Å². The lowest BCUT2D eigenvalue weighted by Crippen LogP contribution is -2.32. The monoisotopic (exact) mass is 366 g/mol. The number of amides is 1. The van der Waals surface area contributed by atoms with Crippen LogP contribution in [0, 0.1) is 0 Å². The molecule has 1 unspecified atom stereocenters. The zero-order valence-corrected chi connectivity index (χ0v) is 14.4. The minimum absolute atomic E-state index is 0.228. The van der Waals surface area contributed by atoms with Gasteiger partial charge in [0.2, 0.25) is 5.91 Å². The van der Waals surface area contributed by atoms with Crippen LogP contribution in [0.15, 0.2) is 36.4 Å². The van der Waals surface area contributed by atoms with Gasteiger partial charge in [0.1, 0.15) is 19.3 Å². The van der Waals surface area contributed by atoms with Crippen LogP contribution in [0.25, 0.3) is 0 Å². The molecular weight excluding hydrogens is 351 g/mol. The molecule has 3 rings (SSSR count). The minimum Gasteiger partial charge on any atom is -0.486 e. The highest BCUT2D eigenvalue weighted by Crippen LogP contribution is 2.33. The van der Waals surface area contributed by atoms with Gasteiger partial charge in [-0.05, 0) is 37.3 Å². The number of hydrogen-bond donors (Lipinski definition) is 2. The molecule has 0 aromatic heterocycles. The number of rotatable bonds is 4. The topological polar surface area (TPSA) is 59.6 Å². The van der Waals surface area contributed by atoms with E-state index in [2.05, 4.69) is 10.6 Å². The Balaban J connectivity index is 1.67. The first kappa shape index (κ1) is 16.7. The first-order valence-electron chi connectivity index (χ1n) is 7.45. The molecule has 0 aliphatic carbocycles. The van der Waals surface area contributed by atoms with Gasteiger partial charge in [0.15, 0.2) is 11.5 Å². The molecule has 1 amide bonds. The molecule has 24 heavy (non-hydrogen) atoms. The summed E-state index contributed by atoms with van der Waals surface area (Å²) >= 11 is 12.0. The molecule has 2 aromatic rings. The highest BCUT2D eigenvalue weighted by molar-refractivity contribution is 6.35. The quantitative estimate of drug-likeness (QED) is 0.850. The summed E-state index contributed by atoms with van der Waals surface area (Å²) in [4.78, 5) is 12.3. The Morgan fingerprint density at radius 1 is 1.08 bits per heavy atom. The third-order valence-corrected chi connectivity index (χ3v) is 4.07. The van der Waals surface area contributed by atoms with E-state index in [0.29, 0.717) is 40.4 Å². The van der Waals surface area contributed by atoms with Crippen molar-refractivity contribution < 1.29 is 14.3 Å². The Hall–Kier alpha value is -2.11. The summed E-state index contributed by atoms with van der Waals surface area (Å²) in [7, 11) is 0. The summed E-state index contributed by atoms with van der Waals surface area (Å²) in [6.45, 7) is 2.81. The third-order valence-electron chi connectivity index (χ3n) is 3.50. The van der Waals surface area contributed by atoms with Crippen molar-refractivity contribution in [1.29, 1.82) is 0 Å². The van der Waals surface area contributed by atoms with E-state index in [1.807, 2.05) is 18.2 Å². The molecular formula is C17H16Cl2N2O3. The summed E-state index contributed by atoms with van der Waals surface area (Å²) in [5, 5.41) is 6.81. The highest BCUT2D eigenvalue weighted by atomic mass is 35.5. The van der Waals surface area contributed by atoms with Gasteiger partial charge in [0.05, 0.1) is 10.7 Å². The predicted octanol–water partition coefficient (Wildman–Crippen LogP) is 4.20. The largest absolute Gasteiger partial charge is 0.486 e. The van der Waals surface area contributed by atoms with E-state index in [1.54, 1.807) is 25.1 Å². The molecule has 2 N–H and O–H groups in total. The van der Waals surface area contributed by atoms with E-state index in [0.717, 1.165) is 5.69 Å². The third kappa shape index (κ3) is 3.86. The zero-order chi connectivity index (χ0) is 17.1. The Labute approximate surface area is 149 Å². The molecule has 5 nitrogen and oxygen atoms in total. The molecule has 2 aromatic carbocycles. The number of fused-ring (bicyclic) bond motifs is 1. The molecule has 7 heteroatoms. The van der Waals surface area contributed by atoms with Crippen LogP contribution in [0.2, 0.25) is 10.0 Å². The van der Waals surface area contributed by atoms with Crippen molar-refractivity contribution in [2.75, 3.05) is 23.8 Å². The Morgan fingerprint density at radius 3 is 2.62 bits per heavy atom. The van der Waals surface area contributed by atoms with E-state index in [1.165, 1.54) is 0 Å². The lowest BCUT2D eigenvalue weighted by Gasteiger charge is -2.20. The van der Waals surface area contributed by atoms with Gasteiger partial charge in [0.25, 0.3) is 0 Å². The summed E-state index contributed by atoms with van der Waals surface area (Å²) in [5.74, 6) is 1.14. The minimum atomic E-state index is -0.484. The maximum Gasteiger partial charge on any atom is 0.246 e. The summed E-state index contributed by atoms with van der Waals surface area (Å²) < 4.78 is 11.0. The smallest absolute Gasteiger partial charge is 0.246 e. The average molecular weight is 367 g/mol. The first-order chi connectivity index (χ1) is 11.5. The van der Waals surface area contributed by atoms with Crippen LogP contribution in [-0.2, 0) is 4.79 Å². The molecule has 0 fully saturated rings. The first-order valence-corrected chi connectivity index (χ1v) is 8.20. The second kappa shape index (κ2) is 7.20. The predicted molar refractivity (Wildman–Crippen MR) is 95.6 cm³/mol. The van der Waals surface area contributed by atoms with Crippen molar-refractivity contribution in [2.24, 2.45) is 0 Å². The van der Waals surface area contributed by atoms with E-state index in [9.17, 15) is 4.79 Å². The van der Waals surface area contributed by atoms with E-state index < -0.39 is 6.04 Å². The van der Waals surface area contributed by atoms with Crippen molar-refractivity contribution in [3.63, 3.8) is 0 Å². The lowest BCUT2D eigenvalue weighted by atomic mass is 10.2. The van der Waals surface area contributed by atoms with Gasteiger partial charge >= 0.3 is 0 Å². The van der Waals surface area contributed by atoms with E-state index in [-0.39, 0.29) is 5.91 Å². The fourth-order valence-corrected chi connectivity index (χ4v) is 2.62. The van der Waals surface area contributed by atoms with Gasteiger partial charge in [0, 0.05) is 16.8 Å². The van der Waals surface area contributed by atoms with Crippen LogP contribution in [-0.4, -0.2) is 25.2 Å². The van der Waals surface area contributed by atoms with Crippen LogP contribution >= 0.6 is 23.2 Å². The van der Waals surface area contributed by atoms with Crippen LogP contribution in [0.1, 0.15) is 6.92 Å². The molecule has 0 radical (unpaired) electrons. The van der Waals surface area contributed by atoms with Crippen LogP contribution < -0.4 is 20.1 Å². The molecule has 0 saturated heterocycles. The molecule has 126 valence electrons. The fraction of sp³-hybridized carbons (Fsp3) is 0.235. The number of nitrogens with one attached hydrogen (secondary N) is 2. The van der Waals surface area contributed by atoms with Crippen molar-refractivity contribution in [1.82, 2.24) is 0 Å². The number of carbonyl (C=O) groups is 1. The number of anilines is 2. The number of halogens is 2. The van der Waals surface area contributed by atoms with E-state index >= 15 is 0 Å². The number of ether oxygens (including phenoxy) is 2. The lowest BCUT2D eigenvalue weighted by molar-refractivity contribution is -0.116. The van der Waals surface area contributed by atoms with Gasteiger partial charge in [-0.25, -0.2) is 0 Å². The second-order valence-electron chi connectivity index (χ2n) is 5.34. The number of hydrogen-bond acceptors (Lipinski definition) is 4. The average Bonchev–Trinajstić information content (AvgIpc) is 2.58. The summed E-state index contributed by atoms with van der Waals surface area (Å²) in [6, 6.07) is 9.89. The van der Waals surface area contributed by atoms with E-state index in [4.69, 9.17) is 32.7 Å². The Morgan fingerprint density at radius 2 is 1.83 bits per heavy atom. The number of benzene rings is 2.